The zero-order valence-corrected chi connectivity index (χ0v) is 13.8. The molecular formula is C18H13ClN2O4. The van der Waals surface area contributed by atoms with Crippen LogP contribution in [0.25, 0.3) is 10.9 Å². The lowest BCUT2D eigenvalue weighted by Gasteiger charge is -2.08. The predicted octanol–water partition coefficient (Wildman–Crippen LogP) is 4.08. The number of para-hydroxylation sites is 2. The molecule has 126 valence electrons. The van der Waals surface area contributed by atoms with Gasteiger partial charge in [0, 0.05) is 22.6 Å². The lowest BCUT2D eigenvalue weighted by Crippen LogP contribution is -2.10. The lowest BCUT2D eigenvalue weighted by atomic mass is 10.1. The highest BCUT2D eigenvalue weighted by Crippen LogP contribution is 2.22. The maximum absolute atomic E-state index is 12.0. The molecule has 0 aliphatic rings. The van der Waals surface area contributed by atoms with Gasteiger partial charge in [0.1, 0.15) is 11.8 Å². The molecule has 0 atom stereocenters. The molecule has 3 aromatic rings. The summed E-state index contributed by atoms with van der Waals surface area (Å²) < 4.78 is 5.21. The summed E-state index contributed by atoms with van der Waals surface area (Å²) in [4.78, 5) is 26.7. The van der Waals surface area contributed by atoms with Crippen molar-refractivity contribution in [2.45, 2.75) is 13.0 Å². The van der Waals surface area contributed by atoms with Gasteiger partial charge in [-0.25, -0.2) is 4.98 Å². The number of rotatable bonds is 5. The molecule has 2 aromatic carbocycles. The molecule has 25 heavy (non-hydrogen) atoms. The summed E-state index contributed by atoms with van der Waals surface area (Å²) in [6, 6.07) is 15.3. The van der Waals surface area contributed by atoms with E-state index in [1.165, 1.54) is 12.1 Å². The average molecular weight is 357 g/mol. The smallest absolute Gasteiger partial charge is 0.310 e. The van der Waals surface area contributed by atoms with Crippen LogP contribution in [0, 0.1) is 10.1 Å². The van der Waals surface area contributed by atoms with E-state index in [1.807, 2.05) is 30.3 Å². The van der Waals surface area contributed by atoms with Crippen LogP contribution < -0.4 is 0 Å². The first kappa shape index (κ1) is 16.9. The zero-order valence-electron chi connectivity index (χ0n) is 13.0. The molecule has 0 saturated carbocycles. The maximum Gasteiger partial charge on any atom is 0.310 e. The first-order valence-electron chi connectivity index (χ1n) is 7.46. The molecule has 0 radical (unpaired) electrons. The number of esters is 1. The van der Waals surface area contributed by atoms with Gasteiger partial charge in [-0.3, -0.25) is 14.9 Å². The van der Waals surface area contributed by atoms with Crippen molar-refractivity contribution in [1.82, 2.24) is 4.98 Å². The molecular weight excluding hydrogens is 344 g/mol. The fourth-order valence-electron chi connectivity index (χ4n) is 2.44. The molecule has 0 spiro atoms. The number of aromatic nitrogens is 1. The van der Waals surface area contributed by atoms with Gasteiger partial charge >= 0.3 is 5.97 Å². The summed E-state index contributed by atoms with van der Waals surface area (Å²) >= 11 is 6.12. The summed E-state index contributed by atoms with van der Waals surface area (Å²) in [5.74, 6) is -0.571. The predicted molar refractivity (Wildman–Crippen MR) is 93.3 cm³/mol. The van der Waals surface area contributed by atoms with Gasteiger partial charge in [-0.1, -0.05) is 48.0 Å². The summed E-state index contributed by atoms with van der Waals surface area (Å²) in [5.41, 5.74) is 1.53. The summed E-state index contributed by atoms with van der Waals surface area (Å²) in [6.07, 6.45) is -0.185. The van der Waals surface area contributed by atoms with Crippen LogP contribution >= 0.6 is 11.6 Å². The van der Waals surface area contributed by atoms with E-state index < -0.39 is 10.9 Å². The van der Waals surface area contributed by atoms with Crippen molar-refractivity contribution in [3.8, 4) is 0 Å². The zero-order chi connectivity index (χ0) is 17.8. The van der Waals surface area contributed by atoms with Gasteiger partial charge in [-0.2, -0.15) is 0 Å². The number of ether oxygens (including phenoxy) is 1. The highest BCUT2D eigenvalue weighted by atomic mass is 35.5. The number of nitro benzene ring substituents is 1. The molecule has 1 heterocycles. The Labute approximate surface area is 148 Å². The number of pyridine rings is 1. The van der Waals surface area contributed by atoms with Gasteiger partial charge in [0.05, 0.1) is 16.9 Å². The van der Waals surface area contributed by atoms with Crippen LogP contribution in [-0.2, 0) is 22.6 Å². The van der Waals surface area contributed by atoms with Crippen LogP contribution in [0.2, 0.25) is 5.15 Å². The van der Waals surface area contributed by atoms with Crippen molar-refractivity contribution in [2.75, 3.05) is 0 Å². The first-order valence-corrected chi connectivity index (χ1v) is 7.84. The molecule has 0 bridgehead atoms. The summed E-state index contributed by atoms with van der Waals surface area (Å²) in [6.45, 7) is -0.0455. The van der Waals surface area contributed by atoms with Crippen LogP contribution in [0.3, 0.4) is 0 Å². The molecule has 6 nitrogen and oxygen atoms in total. The highest BCUT2D eigenvalue weighted by molar-refractivity contribution is 6.30. The van der Waals surface area contributed by atoms with Gasteiger partial charge in [-0.15, -0.1) is 0 Å². The molecule has 0 N–H and O–H groups in total. The number of hydrogen-bond donors (Lipinski definition) is 0. The Morgan fingerprint density at radius 3 is 2.64 bits per heavy atom. The Morgan fingerprint density at radius 1 is 1.12 bits per heavy atom. The number of nitrogens with zero attached hydrogens (tertiary/aromatic N) is 2. The van der Waals surface area contributed by atoms with Crippen LogP contribution in [0.1, 0.15) is 11.1 Å². The van der Waals surface area contributed by atoms with Crippen molar-refractivity contribution < 1.29 is 14.5 Å². The quantitative estimate of drug-likeness (QED) is 0.298. The number of carbonyl (C=O) groups excluding carboxylic acids is 1. The minimum absolute atomic E-state index is 0.0455. The van der Waals surface area contributed by atoms with E-state index in [9.17, 15) is 14.9 Å². The van der Waals surface area contributed by atoms with Crippen molar-refractivity contribution in [1.29, 1.82) is 0 Å². The Hall–Kier alpha value is -2.99. The average Bonchev–Trinajstić information content (AvgIpc) is 2.60. The molecule has 0 aliphatic heterocycles. The molecule has 3 rings (SSSR count). The van der Waals surface area contributed by atoms with E-state index in [4.69, 9.17) is 16.3 Å². The molecule has 0 aliphatic carbocycles. The number of hydrogen-bond acceptors (Lipinski definition) is 5. The van der Waals surface area contributed by atoms with Crippen molar-refractivity contribution in [2.24, 2.45) is 0 Å². The number of benzene rings is 2. The van der Waals surface area contributed by atoms with Crippen molar-refractivity contribution >= 4 is 34.2 Å². The highest BCUT2D eigenvalue weighted by Gasteiger charge is 2.17. The van der Waals surface area contributed by atoms with Crippen molar-refractivity contribution in [3.05, 3.63) is 81.0 Å². The van der Waals surface area contributed by atoms with Gasteiger partial charge in [0.25, 0.3) is 5.69 Å². The van der Waals surface area contributed by atoms with E-state index >= 15 is 0 Å². The lowest BCUT2D eigenvalue weighted by molar-refractivity contribution is -0.385. The Kier molecular flexibility index (Phi) is 4.90. The fourth-order valence-corrected chi connectivity index (χ4v) is 2.64. The van der Waals surface area contributed by atoms with Gasteiger partial charge < -0.3 is 4.74 Å². The third kappa shape index (κ3) is 3.92. The Balaban J connectivity index is 1.71. The topological polar surface area (TPSA) is 82.3 Å². The second-order valence-electron chi connectivity index (χ2n) is 5.35. The minimum Gasteiger partial charge on any atom is -0.460 e. The number of halogens is 1. The molecule has 7 heteroatoms. The van der Waals surface area contributed by atoms with Crippen molar-refractivity contribution in [3.63, 3.8) is 0 Å². The van der Waals surface area contributed by atoms with Crippen LogP contribution in [0.15, 0.2) is 54.6 Å². The third-order valence-corrected chi connectivity index (χ3v) is 3.99. The van der Waals surface area contributed by atoms with Crippen LogP contribution in [0.5, 0.6) is 0 Å². The number of fused-ring (bicyclic) bond motifs is 1. The largest absolute Gasteiger partial charge is 0.460 e. The molecule has 1 aromatic heterocycles. The van der Waals surface area contributed by atoms with E-state index in [0.29, 0.717) is 11.1 Å². The van der Waals surface area contributed by atoms with Crippen LogP contribution in [-0.4, -0.2) is 15.9 Å². The molecule has 0 fully saturated rings. The number of carbonyl (C=O) groups is 1. The fraction of sp³-hybridized carbons (Fsp3) is 0.111. The van der Waals surface area contributed by atoms with Crippen LogP contribution in [0.4, 0.5) is 5.69 Å². The second kappa shape index (κ2) is 7.27. The summed E-state index contributed by atoms with van der Waals surface area (Å²) in [7, 11) is 0. The van der Waals surface area contributed by atoms with E-state index in [2.05, 4.69) is 4.98 Å². The van der Waals surface area contributed by atoms with Gasteiger partial charge in [0.2, 0.25) is 0 Å². The molecule has 0 amide bonds. The van der Waals surface area contributed by atoms with Gasteiger partial charge in [-0.05, 0) is 12.1 Å². The van der Waals surface area contributed by atoms with E-state index in [0.717, 1.165) is 10.9 Å². The SMILES string of the molecule is O=C(Cc1ccccc1[N+](=O)[O-])OCc1cc2ccccc2nc1Cl. The summed E-state index contributed by atoms with van der Waals surface area (Å²) in [5, 5.41) is 12.1. The Morgan fingerprint density at radius 2 is 1.84 bits per heavy atom. The Bertz CT molecular complexity index is 959. The second-order valence-corrected chi connectivity index (χ2v) is 5.71. The monoisotopic (exact) mass is 356 g/mol. The minimum atomic E-state index is -0.571. The standard InChI is InChI=1S/C18H13ClN2O4/c19-18-14(9-12-5-1-3-7-15(12)20-18)11-25-17(22)10-13-6-2-4-8-16(13)21(23)24/h1-9H,10-11H2. The normalized spacial score (nSPS) is 10.6. The number of nitro groups is 1. The van der Waals surface area contributed by atoms with E-state index in [1.54, 1.807) is 12.1 Å². The first-order chi connectivity index (χ1) is 12.0. The molecule has 0 unspecified atom stereocenters. The maximum atomic E-state index is 12.0. The third-order valence-electron chi connectivity index (χ3n) is 3.66. The van der Waals surface area contributed by atoms with Gasteiger partial charge in [0.15, 0.2) is 0 Å². The van der Waals surface area contributed by atoms with E-state index in [-0.39, 0.29) is 23.9 Å². The molecule has 0 saturated heterocycles.